The Balaban J connectivity index is 1.35. The molecule has 1 saturated heterocycles. The Morgan fingerprint density at radius 2 is 2.06 bits per heavy atom. The van der Waals surface area contributed by atoms with E-state index in [9.17, 15) is 4.79 Å². The molecule has 1 aliphatic carbocycles. The van der Waals surface area contributed by atoms with E-state index in [4.69, 9.17) is 5.41 Å². The summed E-state index contributed by atoms with van der Waals surface area (Å²) in [5.41, 5.74) is 2.94. The van der Waals surface area contributed by atoms with Crippen molar-refractivity contribution in [2.24, 2.45) is 0 Å². The van der Waals surface area contributed by atoms with Crippen molar-refractivity contribution < 1.29 is 10.1 Å². The molecule has 6 N–H and O–H groups in total. The molecule has 9 heteroatoms. The number of amides is 2. The van der Waals surface area contributed by atoms with Crippen molar-refractivity contribution in [1.82, 2.24) is 25.5 Å². The Morgan fingerprint density at radius 3 is 2.82 bits per heavy atom. The second-order valence-corrected chi connectivity index (χ2v) is 9.54. The number of pyridine rings is 2. The Labute approximate surface area is 201 Å². The first kappa shape index (κ1) is 24.3. The Bertz CT molecular complexity index is 1020. The highest BCUT2D eigenvalue weighted by Crippen LogP contribution is 2.29. The first-order chi connectivity index (χ1) is 16.5. The number of nitrogens with two attached hydrogens (primary N) is 1. The summed E-state index contributed by atoms with van der Waals surface area (Å²) >= 11 is 0. The van der Waals surface area contributed by atoms with Gasteiger partial charge in [-0.2, -0.15) is 0 Å². The highest BCUT2D eigenvalue weighted by atomic mass is 16.2. The SMILES string of the molecule is CC1(NC(=O)Nc2ccc3ncc(/C(C=N)=C/[NH2+]CCCN4CCNCC4)cc3n2)CCCC1. The van der Waals surface area contributed by atoms with E-state index in [-0.39, 0.29) is 11.6 Å². The van der Waals surface area contributed by atoms with Gasteiger partial charge in [-0.25, -0.2) is 9.78 Å². The first-order valence-corrected chi connectivity index (χ1v) is 12.4. The van der Waals surface area contributed by atoms with Crippen molar-refractivity contribution >= 4 is 34.7 Å². The van der Waals surface area contributed by atoms with Crippen LogP contribution >= 0.6 is 0 Å². The van der Waals surface area contributed by atoms with Gasteiger partial charge in [0.1, 0.15) is 12.0 Å². The zero-order valence-corrected chi connectivity index (χ0v) is 20.1. The maximum absolute atomic E-state index is 12.5. The van der Waals surface area contributed by atoms with Gasteiger partial charge < -0.3 is 26.3 Å². The lowest BCUT2D eigenvalue weighted by molar-refractivity contribution is -0.587. The number of quaternary nitrogens is 1. The lowest BCUT2D eigenvalue weighted by Crippen LogP contribution is -2.78. The quantitative estimate of drug-likeness (QED) is 0.286. The van der Waals surface area contributed by atoms with Crippen LogP contribution < -0.4 is 21.3 Å². The monoisotopic (exact) mass is 465 g/mol. The number of hydrogen-bond acceptors (Lipinski definition) is 6. The van der Waals surface area contributed by atoms with Crippen LogP contribution in [0.5, 0.6) is 0 Å². The second kappa shape index (κ2) is 11.5. The van der Waals surface area contributed by atoms with Crippen molar-refractivity contribution in [1.29, 1.82) is 5.41 Å². The number of nitrogens with zero attached hydrogens (tertiary/aromatic N) is 3. The second-order valence-electron chi connectivity index (χ2n) is 9.54. The van der Waals surface area contributed by atoms with Crippen molar-refractivity contribution in [3.8, 4) is 0 Å². The van der Waals surface area contributed by atoms with Gasteiger partial charge in [0.25, 0.3) is 0 Å². The summed E-state index contributed by atoms with van der Waals surface area (Å²) < 4.78 is 0. The normalized spacial score (nSPS) is 18.7. The third-order valence-electron chi connectivity index (χ3n) is 6.74. The van der Waals surface area contributed by atoms with Gasteiger partial charge in [0, 0.05) is 62.7 Å². The predicted octanol–water partition coefficient (Wildman–Crippen LogP) is 1.93. The minimum absolute atomic E-state index is 0.138. The average Bonchev–Trinajstić information content (AvgIpc) is 3.27. The van der Waals surface area contributed by atoms with Crippen LogP contribution in [-0.4, -0.2) is 71.9 Å². The van der Waals surface area contributed by atoms with E-state index in [0.717, 1.165) is 88.0 Å². The molecule has 2 fully saturated rings. The standard InChI is InChI=1S/C25H36N8O/c1-25(7-2-3-8-25)32-24(34)31-23-6-5-21-22(30-23)15-19(18-29-21)20(16-26)17-28-9-4-12-33-13-10-27-11-14-33/h5-6,15-18,26-28H,2-4,7-14H2,1H3,(H2,30,31,32,34)/p+1/b20-17+,26-16?. The number of anilines is 1. The summed E-state index contributed by atoms with van der Waals surface area (Å²) in [7, 11) is 0. The van der Waals surface area contributed by atoms with Crippen LogP contribution in [0, 0.1) is 5.41 Å². The molecular formula is C25H37N8O+. The summed E-state index contributed by atoms with van der Waals surface area (Å²) in [4.78, 5) is 24.1. The van der Waals surface area contributed by atoms with Crippen molar-refractivity contribution in [2.75, 3.05) is 44.6 Å². The summed E-state index contributed by atoms with van der Waals surface area (Å²) in [5, 5.41) is 19.3. The van der Waals surface area contributed by atoms with E-state index in [0.29, 0.717) is 11.3 Å². The molecule has 34 heavy (non-hydrogen) atoms. The molecular weight excluding hydrogens is 428 g/mol. The van der Waals surface area contributed by atoms with Crippen molar-refractivity contribution in [3.05, 3.63) is 36.2 Å². The smallest absolute Gasteiger partial charge is 0.320 e. The van der Waals surface area contributed by atoms with Gasteiger partial charge in [-0.15, -0.1) is 0 Å². The molecule has 0 atom stereocenters. The Hall–Kier alpha value is -2.88. The molecule has 0 bridgehead atoms. The zero-order chi connectivity index (χ0) is 23.8. The predicted molar refractivity (Wildman–Crippen MR) is 136 cm³/mol. The highest BCUT2D eigenvalue weighted by Gasteiger charge is 2.30. The fourth-order valence-corrected chi connectivity index (χ4v) is 4.74. The van der Waals surface area contributed by atoms with E-state index in [1.807, 2.05) is 18.3 Å². The lowest BCUT2D eigenvalue weighted by Gasteiger charge is -2.26. The molecule has 1 aliphatic heterocycles. The fourth-order valence-electron chi connectivity index (χ4n) is 4.74. The third kappa shape index (κ3) is 6.59. The number of carbonyl (C=O) groups excluding carboxylic acids is 1. The molecule has 2 aliphatic rings. The topological polar surface area (TPSA) is 123 Å². The number of rotatable bonds is 9. The minimum atomic E-state index is -0.226. The van der Waals surface area contributed by atoms with Gasteiger partial charge in [-0.3, -0.25) is 10.3 Å². The summed E-state index contributed by atoms with van der Waals surface area (Å²) in [6.07, 6.45) is 10.5. The number of aromatic nitrogens is 2. The van der Waals surface area contributed by atoms with E-state index in [1.54, 1.807) is 12.3 Å². The first-order valence-electron chi connectivity index (χ1n) is 12.4. The van der Waals surface area contributed by atoms with Crippen LogP contribution in [0.15, 0.2) is 30.6 Å². The molecule has 0 unspecified atom stereocenters. The van der Waals surface area contributed by atoms with Gasteiger partial charge in [0.05, 0.1) is 23.2 Å². The molecule has 2 amide bonds. The Morgan fingerprint density at radius 1 is 1.26 bits per heavy atom. The van der Waals surface area contributed by atoms with Gasteiger partial charge in [0.15, 0.2) is 0 Å². The van der Waals surface area contributed by atoms with E-state index < -0.39 is 0 Å². The molecule has 2 aromatic heterocycles. The number of fused-ring (bicyclic) bond motifs is 1. The van der Waals surface area contributed by atoms with Crippen molar-refractivity contribution in [3.63, 3.8) is 0 Å². The molecule has 2 aromatic rings. The van der Waals surface area contributed by atoms with Crippen LogP contribution in [0.1, 0.15) is 44.6 Å². The Kier molecular flexibility index (Phi) is 8.21. The van der Waals surface area contributed by atoms with E-state index in [2.05, 4.69) is 43.1 Å². The summed E-state index contributed by atoms with van der Waals surface area (Å²) in [6.45, 7) is 8.57. The number of urea groups is 1. The molecule has 4 rings (SSSR count). The van der Waals surface area contributed by atoms with Crippen LogP contribution in [0.2, 0.25) is 0 Å². The molecule has 3 heterocycles. The molecule has 182 valence electrons. The number of hydrogen-bond donors (Lipinski definition) is 5. The number of nitrogens with one attached hydrogen (secondary N) is 4. The number of carbonyl (C=O) groups is 1. The van der Waals surface area contributed by atoms with Gasteiger partial charge >= 0.3 is 6.03 Å². The third-order valence-corrected chi connectivity index (χ3v) is 6.74. The molecule has 0 radical (unpaired) electrons. The van der Waals surface area contributed by atoms with Crippen LogP contribution in [0.25, 0.3) is 16.6 Å². The molecule has 1 saturated carbocycles. The maximum atomic E-state index is 12.5. The number of allylic oxidation sites excluding steroid dienone is 1. The molecule has 0 aromatic carbocycles. The summed E-state index contributed by atoms with van der Waals surface area (Å²) in [6, 6.07) is 5.32. The average molecular weight is 466 g/mol. The summed E-state index contributed by atoms with van der Waals surface area (Å²) in [5.74, 6) is 0.491. The van der Waals surface area contributed by atoms with Crippen LogP contribution in [0.4, 0.5) is 10.6 Å². The van der Waals surface area contributed by atoms with Gasteiger partial charge in [-0.05, 0) is 38.0 Å². The van der Waals surface area contributed by atoms with Gasteiger partial charge in [0.2, 0.25) is 0 Å². The fraction of sp³-hybridized carbons (Fsp3) is 0.520. The van der Waals surface area contributed by atoms with Crippen LogP contribution in [-0.2, 0) is 0 Å². The lowest BCUT2D eigenvalue weighted by atomic mass is 10.0. The maximum Gasteiger partial charge on any atom is 0.320 e. The molecule has 0 spiro atoms. The highest BCUT2D eigenvalue weighted by molar-refractivity contribution is 6.08. The van der Waals surface area contributed by atoms with Crippen LogP contribution in [0.3, 0.4) is 0 Å². The van der Waals surface area contributed by atoms with E-state index >= 15 is 0 Å². The van der Waals surface area contributed by atoms with Gasteiger partial charge in [-0.1, -0.05) is 12.8 Å². The largest absolute Gasteiger partial charge is 0.333 e. The zero-order valence-electron chi connectivity index (χ0n) is 20.1. The number of piperazine rings is 1. The molecule has 9 nitrogen and oxygen atoms in total. The van der Waals surface area contributed by atoms with E-state index in [1.165, 1.54) is 6.21 Å². The van der Waals surface area contributed by atoms with Crippen molar-refractivity contribution in [2.45, 2.75) is 44.6 Å². The minimum Gasteiger partial charge on any atom is -0.333 e.